The van der Waals surface area contributed by atoms with Crippen LogP contribution < -0.4 is 20.3 Å². The number of amides is 1. The maximum Gasteiger partial charge on any atom is 0.293 e. The number of rotatable bonds is 9. The summed E-state index contributed by atoms with van der Waals surface area (Å²) >= 11 is 0. The van der Waals surface area contributed by atoms with Crippen molar-refractivity contribution in [3.8, 4) is 17.2 Å². The number of halogens is 1. The van der Waals surface area contributed by atoms with Gasteiger partial charge in [0.25, 0.3) is 5.56 Å². The van der Waals surface area contributed by atoms with Gasteiger partial charge in [-0.15, -0.1) is 0 Å². The van der Waals surface area contributed by atoms with Crippen LogP contribution in [0, 0.1) is 5.82 Å². The van der Waals surface area contributed by atoms with Crippen molar-refractivity contribution < 1.29 is 18.7 Å². The first kappa shape index (κ1) is 23.5. The molecule has 0 aliphatic heterocycles. The number of nitrogens with one attached hydrogen (secondary N) is 1. The molecule has 1 fully saturated rings. The third kappa shape index (κ3) is 4.66. The summed E-state index contributed by atoms with van der Waals surface area (Å²) in [7, 11) is 3.15. The quantitative estimate of drug-likeness (QED) is 0.386. The molecular formula is C26H26FN5O4. The smallest absolute Gasteiger partial charge is 0.293 e. The van der Waals surface area contributed by atoms with Crippen LogP contribution in [0.25, 0.3) is 16.6 Å². The monoisotopic (exact) mass is 491 g/mol. The molecule has 0 unspecified atom stereocenters. The summed E-state index contributed by atoms with van der Waals surface area (Å²) in [5.41, 5.74) is 2.20. The Bertz CT molecular complexity index is 1470. The SMILES string of the molecule is COc1ccc(CCNC(=O)Cn2nc(C3CC3)c3cnn(-c4ccc(F)cc4)c3c2=O)cc1OC. The lowest BCUT2D eigenvalue weighted by atomic mass is 10.1. The molecule has 2 aromatic carbocycles. The molecule has 0 atom stereocenters. The number of nitrogens with zero attached hydrogens (tertiary/aromatic N) is 4. The number of ether oxygens (including phenoxy) is 2. The minimum atomic E-state index is -0.425. The Kier molecular flexibility index (Phi) is 6.41. The van der Waals surface area contributed by atoms with Gasteiger partial charge in [0.1, 0.15) is 17.9 Å². The van der Waals surface area contributed by atoms with Crippen molar-refractivity contribution in [2.75, 3.05) is 20.8 Å². The Morgan fingerprint density at radius 3 is 2.56 bits per heavy atom. The number of benzene rings is 2. The first-order valence-corrected chi connectivity index (χ1v) is 11.7. The van der Waals surface area contributed by atoms with Gasteiger partial charge in [-0.05, 0) is 61.2 Å². The van der Waals surface area contributed by atoms with Gasteiger partial charge in [-0.1, -0.05) is 6.07 Å². The lowest BCUT2D eigenvalue weighted by Gasteiger charge is -2.11. The predicted molar refractivity (Wildman–Crippen MR) is 131 cm³/mol. The Labute approximate surface area is 206 Å². The van der Waals surface area contributed by atoms with Crippen LogP contribution in [0.2, 0.25) is 0 Å². The first-order valence-electron chi connectivity index (χ1n) is 11.7. The predicted octanol–water partition coefficient (Wildman–Crippen LogP) is 2.97. The number of carbonyl (C=O) groups is 1. The summed E-state index contributed by atoms with van der Waals surface area (Å²) < 4.78 is 26.7. The molecule has 2 heterocycles. The lowest BCUT2D eigenvalue weighted by Crippen LogP contribution is -2.35. The Morgan fingerprint density at radius 2 is 1.86 bits per heavy atom. The molecule has 0 radical (unpaired) electrons. The molecule has 4 aromatic rings. The van der Waals surface area contributed by atoms with E-state index in [1.54, 1.807) is 32.5 Å². The average Bonchev–Trinajstić information content (AvgIpc) is 3.64. The lowest BCUT2D eigenvalue weighted by molar-refractivity contribution is -0.121. The minimum Gasteiger partial charge on any atom is -0.493 e. The van der Waals surface area contributed by atoms with Crippen LogP contribution in [0.1, 0.15) is 30.0 Å². The average molecular weight is 492 g/mol. The van der Waals surface area contributed by atoms with E-state index in [-0.39, 0.29) is 24.2 Å². The van der Waals surface area contributed by atoms with Crippen molar-refractivity contribution in [2.24, 2.45) is 0 Å². The van der Waals surface area contributed by atoms with Crippen molar-refractivity contribution in [3.63, 3.8) is 0 Å². The molecule has 1 saturated carbocycles. The topological polar surface area (TPSA) is 100 Å². The second-order valence-electron chi connectivity index (χ2n) is 8.71. The van der Waals surface area contributed by atoms with Crippen molar-refractivity contribution in [1.82, 2.24) is 24.9 Å². The van der Waals surface area contributed by atoms with Gasteiger partial charge >= 0.3 is 0 Å². The fourth-order valence-electron chi connectivity index (χ4n) is 4.21. The molecule has 186 valence electrons. The Morgan fingerprint density at radius 1 is 1.11 bits per heavy atom. The summed E-state index contributed by atoms with van der Waals surface area (Å²) in [5, 5.41) is 12.4. The highest BCUT2D eigenvalue weighted by atomic mass is 19.1. The molecule has 9 nitrogen and oxygen atoms in total. The second-order valence-corrected chi connectivity index (χ2v) is 8.71. The maximum absolute atomic E-state index is 13.4. The number of methoxy groups -OCH3 is 2. The van der Waals surface area contributed by atoms with Gasteiger partial charge in [0, 0.05) is 17.8 Å². The molecule has 1 aliphatic carbocycles. The standard InChI is InChI=1S/C26H26FN5O4/c1-35-21-10-3-16(13-22(21)36-2)11-12-28-23(33)15-31-26(34)25-20(24(30-31)17-4-5-17)14-29-32(25)19-8-6-18(27)7-9-19/h3,6-10,13-14,17H,4-5,11-12,15H2,1-2H3,(H,28,33). The van der Waals surface area contributed by atoms with E-state index >= 15 is 0 Å². The fraction of sp³-hybridized carbons (Fsp3) is 0.308. The highest BCUT2D eigenvalue weighted by Crippen LogP contribution is 2.41. The van der Waals surface area contributed by atoms with Crippen molar-refractivity contribution in [3.05, 3.63) is 76.1 Å². The van der Waals surface area contributed by atoms with Crippen LogP contribution in [0.3, 0.4) is 0 Å². The zero-order valence-corrected chi connectivity index (χ0v) is 20.0. The number of fused-ring (bicyclic) bond motifs is 1. The summed E-state index contributed by atoms with van der Waals surface area (Å²) in [6.45, 7) is 0.170. The molecule has 0 saturated heterocycles. The van der Waals surface area contributed by atoms with E-state index in [1.807, 2.05) is 18.2 Å². The molecule has 10 heteroatoms. The van der Waals surface area contributed by atoms with E-state index in [0.29, 0.717) is 41.1 Å². The highest BCUT2D eigenvalue weighted by molar-refractivity contribution is 5.83. The third-order valence-corrected chi connectivity index (χ3v) is 6.22. The van der Waals surface area contributed by atoms with Gasteiger partial charge in [-0.3, -0.25) is 9.59 Å². The van der Waals surface area contributed by atoms with E-state index in [1.165, 1.54) is 21.5 Å². The van der Waals surface area contributed by atoms with E-state index in [2.05, 4.69) is 15.5 Å². The molecular weight excluding hydrogens is 465 g/mol. The van der Waals surface area contributed by atoms with Gasteiger partial charge < -0.3 is 14.8 Å². The van der Waals surface area contributed by atoms with Gasteiger partial charge in [-0.2, -0.15) is 10.2 Å². The molecule has 1 N–H and O–H groups in total. The third-order valence-electron chi connectivity index (χ3n) is 6.22. The number of carbonyl (C=O) groups excluding carboxylic acids is 1. The second kappa shape index (κ2) is 9.80. The number of hydrogen-bond donors (Lipinski definition) is 1. The molecule has 0 spiro atoms. The summed E-state index contributed by atoms with van der Waals surface area (Å²) in [4.78, 5) is 26.1. The van der Waals surface area contributed by atoms with Gasteiger partial charge in [0.2, 0.25) is 5.91 Å². The maximum atomic E-state index is 13.4. The van der Waals surface area contributed by atoms with Gasteiger partial charge in [0.05, 0.1) is 31.8 Å². The van der Waals surface area contributed by atoms with Crippen LogP contribution in [0.5, 0.6) is 11.5 Å². The Balaban J connectivity index is 1.36. The Hall–Kier alpha value is -4.21. The zero-order chi connectivity index (χ0) is 25.2. The van der Waals surface area contributed by atoms with Crippen molar-refractivity contribution in [2.45, 2.75) is 31.7 Å². The first-order chi connectivity index (χ1) is 17.5. The van der Waals surface area contributed by atoms with E-state index < -0.39 is 5.56 Å². The van der Waals surface area contributed by atoms with Crippen LogP contribution >= 0.6 is 0 Å². The molecule has 1 amide bonds. The van der Waals surface area contributed by atoms with E-state index in [0.717, 1.165) is 24.1 Å². The molecule has 36 heavy (non-hydrogen) atoms. The van der Waals surface area contributed by atoms with Gasteiger partial charge in [0.15, 0.2) is 11.5 Å². The van der Waals surface area contributed by atoms with Crippen molar-refractivity contribution in [1.29, 1.82) is 0 Å². The summed E-state index contributed by atoms with van der Waals surface area (Å²) in [6.07, 6.45) is 4.14. The van der Waals surface area contributed by atoms with Crippen LogP contribution in [-0.4, -0.2) is 46.2 Å². The molecule has 0 bridgehead atoms. The van der Waals surface area contributed by atoms with E-state index in [4.69, 9.17) is 9.47 Å². The number of aromatic nitrogens is 4. The van der Waals surface area contributed by atoms with Crippen LogP contribution in [-0.2, 0) is 17.8 Å². The van der Waals surface area contributed by atoms with Crippen LogP contribution in [0.15, 0.2) is 53.5 Å². The molecule has 1 aliphatic rings. The molecule has 2 aromatic heterocycles. The largest absolute Gasteiger partial charge is 0.493 e. The minimum absolute atomic E-state index is 0.213. The van der Waals surface area contributed by atoms with Crippen LogP contribution in [0.4, 0.5) is 4.39 Å². The van der Waals surface area contributed by atoms with Gasteiger partial charge in [-0.25, -0.2) is 13.8 Å². The fourth-order valence-corrected chi connectivity index (χ4v) is 4.21. The summed E-state index contributed by atoms with van der Waals surface area (Å²) in [5.74, 6) is 0.795. The highest BCUT2D eigenvalue weighted by Gasteiger charge is 2.30. The van der Waals surface area contributed by atoms with E-state index in [9.17, 15) is 14.0 Å². The van der Waals surface area contributed by atoms with Crippen molar-refractivity contribution >= 4 is 16.8 Å². The summed E-state index contributed by atoms with van der Waals surface area (Å²) in [6, 6.07) is 11.3. The zero-order valence-electron chi connectivity index (χ0n) is 20.0. The normalized spacial score (nSPS) is 13.1. The molecule has 5 rings (SSSR count). The number of hydrogen-bond acceptors (Lipinski definition) is 6.